The van der Waals surface area contributed by atoms with Crippen LogP contribution in [0.1, 0.15) is 11.1 Å². The Labute approximate surface area is 137 Å². The van der Waals surface area contributed by atoms with Crippen molar-refractivity contribution < 1.29 is 9.47 Å². The van der Waals surface area contributed by atoms with Crippen LogP contribution >= 0.6 is 0 Å². The summed E-state index contributed by atoms with van der Waals surface area (Å²) in [4.78, 5) is 0. The van der Waals surface area contributed by atoms with Crippen LogP contribution < -0.4 is 9.47 Å². The van der Waals surface area contributed by atoms with Crippen molar-refractivity contribution in [1.82, 2.24) is 0 Å². The summed E-state index contributed by atoms with van der Waals surface area (Å²) in [6.45, 7) is 0. The van der Waals surface area contributed by atoms with Gasteiger partial charge in [0, 0.05) is 0 Å². The van der Waals surface area contributed by atoms with Crippen LogP contribution in [-0.4, -0.2) is 48.3 Å². The zero-order valence-electron chi connectivity index (χ0n) is 11.7. The van der Waals surface area contributed by atoms with Crippen molar-refractivity contribution in [3.8, 4) is 11.5 Å². The maximum atomic E-state index is 5.18. The molecule has 2 aromatic carbocycles. The van der Waals surface area contributed by atoms with Gasteiger partial charge in [0.15, 0.2) is 0 Å². The summed E-state index contributed by atoms with van der Waals surface area (Å²) in [6, 6.07) is 17.0. The third kappa shape index (κ3) is 5.19. The molecule has 4 heteroatoms. The van der Waals surface area contributed by atoms with Crippen LogP contribution in [0.3, 0.4) is 0 Å². The summed E-state index contributed by atoms with van der Waals surface area (Å²) < 4.78 is 13.0. The zero-order valence-corrected chi connectivity index (χ0v) is 16.3. The first-order valence-corrected chi connectivity index (χ1v) is 16.9. The third-order valence-electron chi connectivity index (χ3n) is 2.85. The van der Waals surface area contributed by atoms with Crippen LogP contribution in [0.15, 0.2) is 48.5 Å². The van der Waals surface area contributed by atoms with E-state index in [1.54, 1.807) is 14.2 Å². The summed E-state index contributed by atoms with van der Waals surface area (Å²) in [5.41, 5.74) is 2.93. The molecule has 0 saturated carbocycles. The van der Waals surface area contributed by atoms with E-state index in [0.717, 1.165) is 11.5 Å². The molecule has 0 aliphatic rings. The molecule has 2 nitrogen and oxygen atoms in total. The molecule has 106 valence electrons. The first kappa shape index (κ1) is 16.0. The fourth-order valence-corrected chi connectivity index (χ4v) is 12.4. The van der Waals surface area contributed by atoms with E-state index in [1.807, 2.05) is 0 Å². The molecular weight excluding hydrogens is 479 g/mol. The van der Waals surface area contributed by atoms with Crippen molar-refractivity contribution in [2.75, 3.05) is 14.2 Å². The molecule has 0 N–H and O–H groups in total. The number of ether oxygens (including phenoxy) is 2. The maximum absolute atomic E-state index is 5.18. The van der Waals surface area contributed by atoms with Crippen LogP contribution in [0.4, 0.5) is 0 Å². The summed E-state index contributed by atoms with van der Waals surface area (Å²) >= 11 is 0.346. The summed E-state index contributed by atoms with van der Waals surface area (Å²) in [7, 11) is 3.43. The fourth-order valence-electron chi connectivity index (χ4n) is 1.66. The first-order valence-electron chi connectivity index (χ1n) is 6.32. The predicted octanol–water partition coefficient (Wildman–Crippen LogP) is 2.73. The van der Waals surface area contributed by atoms with E-state index >= 15 is 0 Å². The van der Waals surface area contributed by atoms with Gasteiger partial charge < -0.3 is 0 Å². The van der Waals surface area contributed by atoms with Crippen LogP contribution in [0.2, 0.25) is 0 Å². The minimum atomic E-state index is 0.173. The average Bonchev–Trinajstić information content (AvgIpc) is 2.53. The molecule has 0 spiro atoms. The van der Waals surface area contributed by atoms with E-state index in [4.69, 9.17) is 9.47 Å². The monoisotopic (exact) mass is 502 g/mol. The molecular formula is C16H18O2Te2. The van der Waals surface area contributed by atoms with Crippen LogP contribution in [-0.2, 0) is 8.94 Å². The standard InChI is InChI=1S/C16H18O2Te2/c1-17-15-7-3-13(4-8-15)11-19-20-12-14-5-9-16(18-2)10-6-14/h3-10H,11-12H2,1-2H3. The Hall–Kier alpha value is -0.381. The molecule has 0 fully saturated rings. The van der Waals surface area contributed by atoms with Gasteiger partial charge in [0.25, 0.3) is 0 Å². The number of rotatable bonds is 7. The first-order chi connectivity index (χ1) is 9.81. The Morgan fingerprint density at radius 1 is 0.650 bits per heavy atom. The SMILES string of the molecule is COc1ccc(C[Te][Te]Cc2ccc(OC)cc2)cc1. The number of hydrogen-bond donors (Lipinski definition) is 0. The number of methoxy groups -OCH3 is 2. The van der Waals surface area contributed by atoms with E-state index in [2.05, 4.69) is 48.5 Å². The Kier molecular flexibility index (Phi) is 7.04. The summed E-state index contributed by atoms with van der Waals surface area (Å²) in [5, 5.41) is 0. The molecule has 20 heavy (non-hydrogen) atoms. The van der Waals surface area contributed by atoms with Crippen LogP contribution in [0.5, 0.6) is 11.5 Å². The molecule has 0 radical (unpaired) electrons. The van der Waals surface area contributed by atoms with Gasteiger partial charge in [0.2, 0.25) is 0 Å². The van der Waals surface area contributed by atoms with E-state index in [9.17, 15) is 0 Å². The van der Waals surface area contributed by atoms with Gasteiger partial charge in [0.05, 0.1) is 0 Å². The summed E-state index contributed by atoms with van der Waals surface area (Å²) in [6.07, 6.45) is 0. The van der Waals surface area contributed by atoms with Crippen molar-refractivity contribution >= 4 is 34.1 Å². The number of benzene rings is 2. The quantitative estimate of drug-likeness (QED) is 0.433. The Morgan fingerprint density at radius 3 is 1.30 bits per heavy atom. The van der Waals surface area contributed by atoms with Gasteiger partial charge in [-0.3, -0.25) is 0 Å². The van der Waals surface area contributed by atoms with Gasteiger partial charge in [-0.1, -0.05) is 0 Å². The molecule has 0 amide bonds. The predicted molar refractivity (Wildman–Crippen MR) is 84.9 cm³/mol. The molecule has 0 aliphatic carbocycles. The number of hydrogen-bond acceptors (Lipinski definition) is 2. The van der Waals surface area contributed by atoms with Crippen molar-refractivity contribution in [3.63, 3.8) is 0 Å². The molecule has 0 aromatic heterocycles. The van der Waals surface area contributed by atoms with Gasteiger partial charge in [-0.05, 0) is 0 Å². The van der Waals surface area contributed by atoms with Gasteiger partial charge in [-0.15, -0.1) is 0 Å². The second-order valence-electron chi connectivity index (χ2n) is 4.22. The van der Waals surface area contributed by atoms with Crippen LogP contribution in [0, 0.1) is 0 Å². The molecule has 0 saturated heterocycles. The van der Waals surface area contributed by atoms with E-state index in [1.165, 1.54) is 20.1 Å². The topological polar surface area (TPSA) is 18.5 Å². The van der Waals surface area contributed by atoms with E-state index < -0.39 is 0 Å². The van der Waals surface area contributed by atoms with Gasteiger partial charge >= 0.3 is 138 Å². The van der Waals surface area contributed by atoms with E-state index in [-0.39, 0.29) is 34.1 Å². The molecule has 0 bridgehead atoms. The molecule has 0 atom stereocenters. The van der Waals surface area contributed by atoms with Crippen molar-refractivity contribution in [1.29, 1.82) is 0 Å². The van der Waals surface area contributed by atoms with Gasteiger partial charge in [0.1, 0.15) is 0 Å². The van der Waals surface area contributed by atoms with Crippen molar-refractivity contribution in [2.45, 2.75) is 8.94 Å². The normalized spacial score (nSPS) is 10.3. The van der Waals surface area contributed by atoms with Gasteiger partial charge in [-0.25, -0.2) is 0 Å². The molecule has 0 unspecified atom stereocenters. The molecule has 2 rings (SSSR count). The average molecular weight is 498 g/mol. The third-order valence-corrected chi connectivity index (χ3v) is 13.6. The van der Waals surface area contributed by atoms with Crippen LogP contribution in [0.25, 0.3) is 0 Å². The van der Waals surface area contributed by atoms with E-state index in [0.29, 0.717) is 0 Å². The molecule has 0 aliphatic heterocycles. The Bertz CT molecular complexity index is 460. The second-order valence-corrected chi connectivity index (χ2v) is 16.2. The molecule has 2 aromatic rings. The summed E-state index contributed by atoms with van der Waals surface area (Å²) in [5.74, 6) is 1.90. The molecule has 0 heterocycles. The van der Waals surface area contributed by atoms with Gasteiger partial charge in [-0.2, -0.15) is 0 Å². The zero-order chi connectivity index (χ0) is 14.2. The minimum absolute atomic E-state index is 0.173. The van der Waals surface area contributed by atoms with Crippen molar-refractivity contribution in [3.05, 3.63) is 59.7 Å². The van der Waals surface area contributed by atoms with Crippen molar-refractivity contribution in [2.24, 2.45) is 0 Å². The second kappa shape index (κ2) is 8.81. The fraction of sp³-hybridized carbons (Fsp3) is 0.250. The Morgan fingerprint density at radius 2 is 1.00 bits per heavy atom. The Balaban J connectivity index is 1.72.